The maximum atomic E-state index is 5.88. The highest BCUT2D eigenvalue weighted by molar-refractivity contribution is 6.67. The third-order valence-corrected chi connectivity index (χ3v) is 4.80. The Morgan fingerprint density at radius 2 is 0.900 bits per heavy atom. The van der Waals surface area contributed by atoms with Gasteiger partial charge in [0.15, 0.2) is 17.5 Å². The summed E-state index contributed by atoms with van der Waals surface area (Å²) in [6.07, 6.45) is 7.50. The van der Waals surface area contributed by atoms with E-state index in [4.69, 9.17) is 69.6 Å². The van der Waals surface area contributed by atoms with E-state index >= 15 is 0 Å². The van der Waals surface area contributed by atoms with Gasteiger partial charge in [-0.25, -0.2) is 15.0 Å². The first-order valence-corrected chi connectivity index (χ1v) is 10.8. The lowest BCUT2D eigenvalue weighted by molar-refractivity contribution is 0.835. The summed E-state index contributed by atoms with van der Waals surface area (Å²) in [6, 6.07) is 17.9. The largest absolute Gasteiger partial charge is 0.250 e. The van der Waals surface area contributed by atoms with Crippen LogP contribution in [0.4, 0.5) is 0 Å². The number of hydrogen-bond donors (Lipinski definition) is 0. The van der Waals surface area contributed by atoms with Crippen molar-refractivity contribution in [3.63, 3.8) is 0 Å². The van der Waals surface area contributed by atoms with E-state index in [-0.39, 0.29) is 17.5 Å². The Hall–Kier alpha value is -1.33. The zero-order valence-corrected chi connectivity index (χ0v) is 19.7. The van der Waals surface area contributed by atoms with Crippen molar-refractivity contribution >= 4 is 93.9 Å². The van der Waals surface area contributed by atoms with Crippen LogP contribution in [0.3, 0.4) is 0 Å². The van der Waals surface area contributed by atoms with Gasteiger partial charge < -0.3 is 0 Å². The van der Waals surface area contributed by atoms with E-state index in [9.17, 15) is 0 Å². The summed E-state index contributed by atoms with van der Waals surface area (Å²) in [7, 11) is 0. The molecule has 0 radical (unpaired) electrons. The molecule has 3 rings (SSSR count). The van der Waals surface area contributed by atoms with Crippen LogP contribution in [-0.4, -0.2) is 15.0 Å². The van der Waals surface area contributed by atoms with Crippen molar-refractivity contribution in [2.75, 3.05) is 0 Å². The average Bonchev–Trinajstić information content (AvgIpc) is 2.71. The molecule has 3 aromatic rings. The lowest BCUT2D eigenvalue weighted by Gasteiger charge is -2.14. The molecule has 0 aliphatic heterocycles. The third kappa shape index (κ3) is 6.84. The molecule has 1 aromatic heterocycles. The molecule has 0 spiro atoms. The quantitative estimate of drug-likeness (QED) is 0.260. The molecule has 9 heteroatoms. The first-order chi connectivity index (χ1) is 14.1. The second-order valence-electron chi connectivity index (χ2n) is 6.08. The van der Waals surface area contributed by atoms with Crippen molar-refractivity contribution in [2.45, 2.75) is 7.59 Å². The highest BCUT2D eigenvalue weighted by Gasteiger charge is 2.33. The predicted octanol–water partition coefficient (Wildman–Crippen LogP) is 7.87. The normalized spacial score (nSPS) is 12.7. The van der Waals surface area contributed by atoms with Crippen LogP contribution in [0.25, 0.3) is 24.3 Å². The minimum absolute atomic E-state index is 0.134. The van der Waals surface area contributed by atoms with E-state index < -0.39 is 7.59 Å². The molecule has 0 aliphatic carbocycles. The fourth-order valence-corrected chi connectivity index (χ4v) is 2.87. The summed E-state index contributed by atoms with van der Waals surface area (Å²) in [5.41, 5.74) is 3.11. The average molecular weight is 520 g/mol. The molecule has 1 heterocycles. The molecular weight excluding hydrogens is 507 g/mol. The minimum Gasteiger partial charge on any atom is -0.209 e. The van der Waals surface area contributed by atoms with Crippen molar-refractivity contribution in [3.8, 4) is 0 Å². The van der Waals surface area contributed by atoms with Crippen LogP contribution in [0.2, 0.25) is 0 Å². The van der Waals surface area contributed by atoms with Crippen molar-refractivity contribution in [1.29, 1.82) is 0 Å². The molecule has 30 heavy (non-hydrogen) atoms. The Balaban J connectivity index is 1.80. The van der Waals surface area contributed by atoms with Crippen molar-refractivity contribution in [2.24, 2.45) is 0 Å². The molecule has 0 amide bonds. The predicted molar refractivity (Wildman–Crippen MR) is 129 cm³/mol. The molecule has 0 atom stereocenters. The number of hydrogen-bond acceptors (Lipinski definition) is 3. The molecular formula is C21H13Cl6N3. The number of halogens is 6. The van der Waals surface area contributed by atoms with E-state index in [1.54, 1.807) is 12.2 Å². The summed E-state index contributed by atoms with van der Waals surface area (Å²) < 4.78 is -3.77. The van der Waals surface area contributed by atoms with Crippen molar-refractivity contribution < 1.29 is 0 Å². The standard InChI is InChI=1S/C21H13Cl6N3/c22-20(23,24)18-28-17(29-19(30-18)21(25,26)27)13-12-16-10-8-15(9-11-16)7-6-14-4-2-1-3-5-14/h1-13H. The van der Waals surface area contributed by atoms with Gasteiger partial charge in [-0.15, -0.1) is 0 Å². The highest BCUT2D eigenvalue weighted by atomic mass is 35.6. The van der Waals surface area contributed by atoms with Gasteiger partial charge in [-0.3, -0.25) is 0 Å². The van der Waals surface area contributed by atoms with Crippen LogP contribution in [-0.2, 0) is 7.59 Å². The summed E-state index contributed by atoms with van der Waals surface area (Å²) in [4.78, 5) is 12.2. The fourth-order valence-electron chi connectivity index (χ4n) is 2.37. The number of aromatic nitrogens is 3. The van der Waals surface area contributed by atoms with Gasteiger partial charge in [0.05, 0.1) is 0 Å². The smallest absolute Gasteiger partial charge is 0.209 e. The van der Waals surface area contributed by atoms with Gasteiger partial charge in [0.25, 0.3) is 0 Å². The number of nitrogens with zero attached hydrogens (tertiary/aromatic N) is 3. The molecule has 154 valence electrons. The van der Waals surface area contributed by atoms with E-state index in [0.717, 1.165) is 16.7 Å². The molecule has 2 aromatic carbocycles. The van der Waals surface area contributed by atoms with Crippen LogP contribution in [0, 0.1) is 0 Å². The molecule has 0 fully saturated rings. The van der Waals surface area contributed by atoms with Gasteiger partial charge in [0.2, 0.25) is 7.59 Å². The maximum Gasteiger partial charge on any atom is 0.250 e. The lowest BCUT2D eigenvalue weighted by Crippen LogP contribution is -2.16. The first kappa shape index (κ1) is 23.3. The molecule has 0 N–H and O–H groups in total. The molecule has 0 saturated carbocycles. The summed E-state index contributed by atoms with van der Waals surface area (Å²) in [6.45, 7) is 0. The maximum absolute atomic E-state index is 5.88. The van der Waals surface area contributed by atoms with Crippen LogP contribution < -0.4 is 0 Å². The van der Waals surface area contributed by atoms with Crippen molar-refractivity contribution in [1.82, 2.24) is 15.0 Å². The minimum atomic E-state index is -1.89. The fraction of sp³-hybridized carbons (Fsp3) is 0.0952. The zero-order valence-electron chi connectivity index (χ0n) is 15.1. The van der Waals surface area contributed by atoms with E-state index in [0.29, 0.717) is 0 Å². The monoisotopic (exact) mass is 517 g/mol. The topological polar surface area (TPSA) is 38.7 Å². The van der Waals surface area contributed by atoms with Crippen molar-refractivity contribution in [3.05, 3.63) is 88.8 Å². The Kier molecular flexibility index (Phi) is 7.67. The molecule has 0 saturated heterocycles. The lowest BCUT2D eigenvalue weighted by atomic mass is 10.1. The summed E-state index contributed by atoms with van der Waals surface area (Å²) >= 11 is 35.3. The SMILES string of the molecule is ClC(Cl)(Cl)c1nc(C=Cc2ccc(C=Cc3ccccc3)cc2)nc(C(Cl)(Cl)Cl)n1. The van der Waals surface area contributed by atoms with Crippen LogP contribution in [0.1, 0.15) is 34.2 Å². The van der Waals surface area contributed by atoms with E-state index in [1.807, 2.05) is 66.7 Å². The van der Waals surface area contributed by atoms with E-state index in [2.05, 4.69) is 15.0 Å². The zero-order chi connectivity index (χ0) is 21.8. The number of benzene rings is 2. The second kappa shape index (κ2) is 9.86. The number of alkyl halides is 6. The molecule has 0 aliphatic rings. The van der Waals surface area contributed by atoms with E-state index in [1.165, 1.54) is 0 Å². The molecule has 0 unspecified atom stereocenters. The van der Waals surface area contributed by atoms with Gasteiger partial charge in [-0.05, 0) is 22.8 Å². The van der Waals surface area contributed by atoms with Gasteiger partial charge >= 0.3 is 0 Å². The highest BCUT2D eigenvalue weighted by Crippen LogP contribution is 2.40. The van der Waals surface area contributed by atoms with Crippen LogP contribution in [0.5, 0.6) is 0 Å². The third-order valence-electron chi connectivity index (χ3n) is 3.79. The second-order valence-corrected chi connectivity index (χ2v) is 10.6. The van der Waals surface area contributed by atoms with Crippen LogP contribution >= 0.6 is 69.6 Å². The molecule has 0 bridgehead atoms. The van der Waals surface area contributed by atoms with Gasteiger partial charge in [-0.2, -0.15) is 0 Å². The Morgan fingerprint density at radius 1 is 0.500 bits per heavy atom. The Morgan fingerprint density at radius 3 is 1.33 bits per heavy atom. The Bertz CT molecular complexity index is 1020. The Labute approximate surface area is 204 Å². The van der Waals surface area contributed by atoms with Gasteiger partial charge in [0.1, 0.15) is 0 Å². The molecule has 3 nitrogen and oxygen atoms in total. The number of rotatable bonds is 4. The first-order valence-electron chi connectivity index (χ1n) is 8.53. The van der Waals surface area contributed by atoms with Gasteiger partial charge in [0, 0.05) is 0 Å². The summed E-state index contributed by atoms with van der Waals surface area (Å²) in [5.74, 6) is -0.0737. The van der Waals surface area contributed by atoms with Gasteiger partial charge in [-0.1, -0.05) is 142 Å². The van der Waals surface area contributed by atoms with Crippen LogP contribution in [0.15, 0.2) is 54.6 Å². The summed E-state index contributed by atoms with van der Waals surface area (Å²) in [5, 5.41) is 0.